The number of ether oxygens (including phenoxy) is 1. The monoisotopic (exact) mass is 271 g/mol. The van der Waals surface area contributed by atoms with Gasteiger partial charge in [-0.05, 0) is 53.9 Å². The third-order valence-electron chi connectivity index (χ3n) is 2.11. The third kappa shape index (κ3) is 4.67. The molecule has 0 aliphatic rings. The summed E-state index contributed by atoms with van der Waals surface area (Å²) in [6.45, 7) is 6.69. The van der Waals surface area contributed by atoms with E-state index in [1.165, 1.54) is 5.56 Å². The summed E-state index contributed by atoms with van der Waals surface area (Å²) in [4.78, 5) is 0. The van der Waals surface area contributed by atoms with Crippen LogP contribution < -0.4 is 5.32 Å². The van der Waals surface area contributed by atoms with Crippen molar-refractivity contribution in [1.29, 1.82) is 0 Å². The Bertz CT molecular complexity index is 302. The smallest absolute Gasteiger partial charge is 0.0487 e. The van der Waals surface area contributed by atoms with Gasteiger partial charge in [-0.25, -0.2) is 0 Å². The molecule has 0 saturated carbocycles. The number of benzene rings is 1. The first-order valence-corrected chi connectivity index (χ1v) is 6.11. The molecule has 2 nitrogen and oxygen atoms in total. The van der Waals surface area contributed by atoms with Crippen LogP contribution in [-0.4, -0.2) is 19.8 Å². The van der Waals surface area contributed by atoms with Crippen LogP contribution in [0.4, 0.5) is 5.69 Å². The van der Waals surface area contributed by atoms with E-state index in [4.69, 9.17) is 4.74 Å². The molecule has 1 rings (SSSR count). The van der Waals surface area contributed by atoms with Crippen molar-refractivity contribution in [1.82, 2.24) is 0 Å². The maximum Gasteiger partial charge on any atom is 0.0487 e. The van der Waals surface area contributed by atoms with Crippen LogP contribution in [0.25, 0.3) is 0 Å². The maximum atomic E-state index is 5.27. The number of halogens is 1. The van der Waals surface area contributed by atoms with Crippen molar-refractivity contribution in [3.63, 3.8) is 0 Å². The molecule has 15 heavy (non-hydrogen) atoms. The lowest BCUT2D eigenvalue weighted by molar-refractivity contribution is 0.147. The minimum absolute atomic E-state index is 0.800. The molecule has 0 radical (unpaired) electrons. The quantitative estimate of drug-likeness (QED) is 0.799. The highest BCUT2D eigenvalue weighted by Gasteiger charge is 1.98. The number of rotatable bonds is 6. The Morgan fingerprint density at radius 2 is 2.20 bits per heavy atom. The van der Waals surface area contributed by atoms with Gasteiger partial charge in [0.05, 0.1) is 0 Å². The molecule has 0 aliphatic heterocycles. The molecule has 0 aliphatic carbocycles. The number of nitrogens with one attached hydrogen (secondary N) is 1. The Morgan fingerprint density at radius 1 is 1.40 bits per heavy atom. The fourth-order valence-corrected chi connectivity index (χ4v) is 1.70. The molecule has 0 aromatic heterocycles. The lowest BCUT2D eigenvalue weighted by atomic mass is 10.2. The van der Waals surface area contributed by atoms with Gasteiger partial charge in [-0.15, -0.1) is 0 Å². The molecule has 0 atom stereocenters. The zero-order valence-electron chi connectivity index (χ0n) is 9.35. The summed E-state index contributed by atoms with van der Waals surface area (Å²) < 4.78 is 6.39. The molecule has 1 N–H and O–H groups in total. The summed E-state index contributed by atoms with van der Waals surface area (Å²) in [5.74, 6) is 0. The number of hydrogen-bond acceptors (Lipinski definition) is 2. The minimum Gasteiger partial charge on any atom is -0.384 e. The van der Waals surface area contributed by atoms with Crippen LogP contribution in [0.15, 0.2) is 22.7 Å². The van der Waals surface area contributed by atoms with Crippen molar-refractivity contribution < 1.29 is 4.74 Å². The Morgan fingerprint density at radius 3 is 2.93 bits per heavy atom. The molecular formula is C12H18BrNO. The van der Waals surface area contributed by atoms with Gasteiger partial charge in [-0.3, -0.25) is 0 Å². The van der Waals surface area contributed by atoms with E-state index in [-0.39, 0.29) is 0 Å². The third-order valence-corrected chi connectivity index (χ3v) is 2.80. The normalized spacial score (nSPS) is 10.3. The first-order chi connectivity index (χ1) is 7.24. The van der Waals surface area contributed by atoms with Gasteiger partial charge in [0.1, 0.15) is 0 Å². The second-order valence-corrected chi connectivity index (χ2v) is 4.31. The average molecular weight is 272 g/mol. The Labute approximate surface area is 100 Å². The van der Waals surface area contributed by atoms with Crippen LogP contribution in [0.5, 0.6) is 0 Å². The number of aryl methyl sites for hydroxylation is 1. The van der Waals surface area contributed by atoms with E-state index in [1.54, 1.807) is 0 Å². The van der Waals surface area contributed by atoms with E-state index in [0.717, 1.165) is 36.3 Å². The molecule has 1 aromatic carbocycles. The van der Waals surface area contributed by atoms with E-state index >= 15 is 0 Å². The van der Waals surface area contributed by atoms with E-state index in [1.807, 2.05) is 6.92 Å². The summed E-state index contributed by atoms with van der Waals surface area (Å²) in [6.07, 6.45) is 1.04. The molecule has 84 valence electrons. The van der Waals surface area contributed by atoms with Crippen molar-refractivity contribution in [3.05, 3.63) is 28.2 Å². The predicted molar refractivity (Wildman–Crippen MR) is 68.5 cm³/mol. The van der Waals surface area contributed by atoms with Gasteiger partial charge >= 0.3 is 0 Å². The van der Waals surface area contributed by atoms with Crippen LogP contribution in [0.2, 0.25) is 0 Å². The first kappa shape index (κ1) is 12.5. The molecule has 0 bridgehead atoms. The highest BCUT2D eigenvalue weighted by atomic mass is 79.9. The lowest BCUT2D eigenvalue weighted by Gasteiger charge is -2.09. The van der Waals surface area contributed by atoms with Crippen molar-refractivity contribution in [2.75, 3.05) is 25.1 Å². The fourth-order valence-electron chi connectivity index (χ4n) is 1.32. The summed E-state index contributed by atoms with van der Waals surface area (Å²) in [7, 11) is 0. The van der Waals surface area contributed by atoms with Crippen molar-refractivity contribution in [2.45, 2.75) is 20.3 Å². The van der Waals surface area contributed by atoms with E-state index in [2.05, 4.69) is 46.4 Å². The van der Waals surface area contributed by atoms with E-state index < -0.39 is 0 Å². The average Bonchev–Trinajstić information content (AvgIpc) is 2.23. The summed E-state index contributed by atoms with van der Waals surface area (Å²) in [5.41, 5.74) is 2.43. The highest BCUT2D eigenvalue weighted by Crippen LogP contribution is 2.23. The van der Waals surface area contributed by atoms with Crippen LogP contribution in [-0.2, 0) is 4.74 Å². The summed E-state index contributed by atoms with van der Waals surface area (Å²) in [6, 6.07) is 6.31. The van der Waals surface area contributed by atoms with Gasteiger partial charge in [0.2, 0.25) is 0 Å². The maximum absolute atomic E-state index is 5.27. The van der Waals surface area contributed by atoms with Gasteiger partial charge in [0, 0.05) is 29.9 Å². The molecule has 1 aromatic rings. The highest BCUT2D eigenvalue weighted by molar-refractivity contribution is 9.10. The van der Waals surface area contributed by atoms with Crippen LogP contribution in [0.3, 0.4) is 0 Å². The van der Waals surface area contributed by atoms with Gasteiger partial charge in [0.15, 0.2) is 0 Å². The summed E-state index contributed by atoms with van der Waals surface area (Å²) in [5, 5.41) is 3.39. The Balaban J connectivity index is 2.33. The zero-order valence-corrected chi connectivity index (χ0v) is 10.9. The second kappa shape index (κ2) is 6.85. The number of hydrogen-bond donors (Lipinski definition) is 1. The molecule has 0 heterocycles. The van der Waals surface area contributed by atoms with Crippen molar-refractivity contribution >= 4 is 21.6 Å². The summed E-state index contributed by atoms with van der Waals surface area (Å²) >= 11 is 3.52. The van der Waals surface area contributed by atoms with Crippen LogP contribution in [0.1, 0.15) is 18.9 Å². The van der Waals surface area contributed by atoms with Crippen molar-refractivity contribution in [2.24, 2.45) is 0 Å². The number of anilines is 1. The SMILES string of the molecule is CCOCCCNc1cc(C)ccc1Br. The molecular weight excluding hydrogens is 254 g/mol. The van der Waals surface area contributed by atoms with Gasteiger partial charge < -0.3 is 10.1 Å². The zero-order chi connectivity index (χ0) is 11.1. The van der Waals surface area contributed by atoms with Crippen molar-refractivity contribution in [3.8, 4) is 0 Å². The van der Waals surface area contributed by atoms with Gasteiger partial charge in [-0.1, -0.05) is 6.07 Å². The van der Waals surface area contributed by atoms with Crippen LogP contribution >= 0.6 is 15.9 Å². The topological polar surface area (TPSA) is 21.3 Å². The first-order valence-electron chi connectivity index (χ1n) is 5.32. The molecule has 3 heteroatoms. The molecule has 0 unspecified atom stereocenters. The largest absolute Gasteiger partial charge is 0.384 e. The molecule has 0 amide bonds. The molecule has 0 spiro atoms. The van der Waals surface area contributed by atoms with E-state index in [0.29, 0.717) is 0 Å². The van der Waals surface area contributed by atoms with Crippen LogP contribution in [0, 0.1) is 6.92 Å². The minimum atomic E-state index is 0.800. The molecule has 0 fully saturated rings. The fraction of sp³-hybridized carbons (Fsp3) is 0.500. The lowest BCUT2D eigenvalue weighted by Crippen LogP contribution is -2.06. The predicted octanol–water partition coefficient (Wildman–Crippen LogP) is 3.60. The van der Waals surface area contributed by atoms with Gasteiger partial charge in [0.25, 0.3) is 0 Å². The standard InChI is InChI=1S/C12H18BrNO/c1-3-15-8-4-7-14-12-9-10(2)5-6-11(12)13/h5-6,9,14H,3-4,7-8H2,1-2H3. The van der Waals surface area contributed by atoms with Gasteiger partial charge in [-0.2, -0.15) is 0 Å². The molecule has 0 saturated heterocycles. The second-order valence-electron chi connectivity index (χ2n) is 3.46. The Hall–Kier alpha value is -0.540. The Kier molecular flexibility index (Phi) is 5.73. The van der Waals surface area contributed by atoms with E-state index in [9.17, 15) is 0 Å².